The minimum absolute atomic E-state index is 0.533. The lowest BCUT2D eigenvalue weighted by Crippen LogP contribution is -2.33. The number of alkyl halides is 1. The van der Waals surface area contributed by atoms with Crippen molar-refractivity contribution in [3.05, 3.63) is 54.5 Å². The molecule has 1 atom stereocenters. The number of nitrogens with zero attached hydrogens (tertiary/aromatic N) is 3. The highest BCUT2D eigenvalue weighted by Gasteiger charge is 2.35. The van der Waals surface area contributed by atoms with Crippen molar-refractivity contribution >= 4 is 23.2 Å². The first kappa shape index (κ1) is 17.0. The molecule has 0 fully saturated rings. The van der Waals surface area contributed by atoms with Crippen LogP contribution in [0.3, 0.4) is 0 Å². The summed E-state index contributed by atoms with van der Waals surface area (Å²) in [5, 5.41) is 18.6. The lowest BCUT2D eigenvalue weighted by Gasteiger charge is -2.22. The van der Waals surface area contributed by atoms with Gasteiger partial charge >= 0.3 is 5.97 Å². The van der Waals surface area contributed by atoms with Crippen LogP contribution < -0.4 is 0 Å². The van der Waals surface area contributed by atoms with Gasteiger partial charge in [-0.3, -0.25) is 9.78 Å². The van der Waals surface area contributed by atoms with E-state index in [0.29, 0.717) is 16.0 Å². The summed E-state index contributed by atoms with van der Waals surface area (Å²) < 4.78 is 13.6. The summed E-state index contributed by atoms with van der Waals surface area (Å²) in [6.07, 6.45) is 4.98. The number of carboxylic acids is 1. The van der Waals surface area contributed by atoms with Crippen LogP contribution in [0.25, 0.3) is 16.8 Å². The number of aliphatic carboxylic acids is 1. The Morgan fingerprint density at radius 1 is 1.44 bits per heavy atom. The van der Waals surface area contributed by atoms with Crippen LogP contribution in [0.1, 0.15) is 12.5 Å². The fourth-order valence-electron chi connectivity index (χ4n) is 2.49. The standard InChI is InChI=1S/C18H14FN3O2S/c1-18(11-19,17(23)24)25-16-6-7-21-10-13(16)15-5-4-12(9-20)14-3-2-8-22(14)15/h2-8,10H,11H2,1H3,(H,23,24). The molecule has 0 amide bonds. The van der Waals surface area contributed by atoms with Crippen molar-refractivity contribution in [2.24, 2.45) is 0 Å². The molecule has 3 aromatic rings. The van der Waals surface area contributed by atoms with E-state index in [1.807, 2.05) is 22.7 Å². The highest BCUT2D eigenvalue weighted by atomic mass is 32.2. The van der Waals surface area contributed by atoms with Crippen LogP contribution in [0.2, 0.25) is 0 Å². The van der Waals surface area contributed by atoms with Crippen LogP contribution in [0, 0.1) is 11.3 Å². The summed E-state index contributed by atoms with van der Waals surface area (Å²) in [7, 11) is 0. The molecule has 0 saturated heterocycles. The predicted octanol–water partition coefficient (Wildman–Crippen LogP) is 3.78. The highest BCUT2D eigenvalue weighted by Crippen LogP contribution is 2.39. The third-order valence-electron chi connectivity index (χ3n) is 3.91. The first-order valence-electron chi connectivity index (χ1n) is 7.43. The molecule has 0 aliphatic carbocycles. The second-order valence-corrected chi connectivity index (χ2v) is 7.20. The molecule has 0 saturated carbocycles. The van der Waals surface area contributed by atoms with E-state index in [9.17, 15) is 19.6 Å². The SMILES string of the molecule is CC(CF)(Sc1ccncc1-c1ccc(C#N)c2cccn12)C(=O)O. The fraction of sp³-hybridized carbons (Fsp3) is 0.167. The Labute approximate surface area is 147 Å². The van der Waals surface area contributed by atoms with Crippen molar-refractivity contribution < 1.29 is 14.3 Å². The van der Waals surface area contributed by atoms with E-state index in [2.05, 4.69) is 11.1 Å². The van der Waals surface area contributed by atoms with Crippen molar-refractivity contribution in [2.75, 3.05) is 6.67 Å². The van der Waals surface area contributed by atoms with E-state index in [1.54, 1.807) is 30.6 Å². The van der Waals surface area contributed by atoms with Crippen LogP contribution in [0.4, 0.5) is 4.39 Å². The summed E-state index contributed by atoms with van der Waals surface area (Å²) in [6.45, 7) is 0.356. The normalized spacial score (nSPS) is 13.3. The van der Waals surface area contributed by atoms with Crippen molar-refractivity contribution in [1.29, 1.82) is 5.26 Å². The third-order valence-corrected chi connectivity index (χ3v) is 5.22. The molecule has 0 aliphatic rings. The lowest BCUT2D eigenvalue weighted by molar-refractivity contribution is -0.139. The van der Waals surface area contributed by atoms with Crippen LogP contribution >= 0.6 is 11.8 Å². The van der Waals surface area contributed by atoms with E-state index < -0.39 is 17.4 Å². The van der Waals surface area contributed by atoms with Crippen LogP contribution in [-0.2, 0) is 4.79 Å². The van der Waals surface area contributed by atoms with Crippen molar-refractivity contribution in [1.82, 2.24) is 9.38 Å². The molecular weight excluding hydrogens is 341 g/mol. The summed E-state index contributed by atoms with van der Waals surface area (Å²) in [4.78, 5) is 16.2. The molecule has 126 valence electrons. The largest absolute Gasteiger partial charge is 0.480 e. The molecule has 7 heteroatoms. The molecule has 1 N–H and O–H groups in total. The van der Waals surface area contributed by atoms with E-state index in [0.717, 1.165) is 23.0 Å². The number of carbonyl (C=O) groups is 1. The van der Waals surface area contributed by atoms with Crippen LogP contribution in [-0.4, -0.2) is 31.9 Å². The summed E-state index contributed by atoms with van der Waals surface area (Å²) in [5.41, 5.74) is 2.71. The average molecular weight is 355 g/mol. The Kier molecular flexibility index (Phi) is 4.47. The molecule has 0 aliphatic heterocycles. The minimum Gasteiger partial charge on any atom is -0.480 e. The zero-order chi connectivity index (χ0) is 18.0. The molecule has 5 nitrogen and oxygen atoms in total. The zero-order valence-electron chi connectivity index (χ0n) is 13.3. The molecule has 0 radical (unpaired) electrons. The fourth-order valence-corrected chi connectivity index (χ4v) is 3.51. The lowest BCUT2D eigenvalue weighted by atomic mass is 10.1. The van der Waals surface area contributed by atoms with Gasteiger partial charge in [0.05, 0.1) is 16.8 Å². The number of nitriles is 1. The molecule has 0 aromatic carbocycles. The first-order chi connectivity index (χ1) is 12.0. The van der Waals surface area contributed by atoms with Crippen molar-refractivity contribution in [2.45, 2.75) is 16.6 Å². The van der Waals surface area contributed by atoms with Gasteiger partial charge in [-0.25, -0.2) is 4.39 Å². The predicted molar refractivity (Wildman–Crippen MR) is 93.2 cm³/mol. The van der Waals surface area contributed by atoms with Gasteiger partial charge < -0.3 is 9.51 Å². The van der Waals surface area contributed by atoms with Gasteiger partial charge in [0.1, 0.15) is 17.5 Å². The second-order valence-electron chi connectivity index (χ2n) is 5.65. The van der Waals surface area contributed by atoms with Gasteiger partial charge in [-0.05, 0) is 37.3 Å². The zero-order valence-corrected chi connectivity index (χ0v) is 14.1. The van der Waals surface area contributed by atoms with Crippen LogP contribution in [0.15, 0.2) is 53.8 Å². The first-order valence-corrected chi connectivity index (χ1v) is 8.25. The topological polar surface area (TPSA) is 78.4 Å². The number of aromatic nitrogens is 2. The Bertz CT molecular complexity index is 995. The number of halogens is 1. The number of thioether (sulfide) groups is 1. The maximum Gasteiger partial charge on any atom is 0.322 e. The molecule has 1 unspecified atom stereocenters. The van der Waals surface area contributed by atoms with Crippen molar-refractivity contribution in [3.63, 3.8) is 0 Å². The Hall–Kier alpha value is -2.85. The third kappa shape index (κ3) is 2.96. The Morgan fingerprint density at radius 2 is 2.24 bits per heavy atom. The number of carboxylic acid groups (broad SMARTS) is 1. The molecule has 3 heterocycles. The second kappa shape index (κ2) is 6.57. The van der Waals surface area contributed by atoms with E-state index in [-0.39, 0.29) is 0 Å². The highest BCUT2D eigenvalue weighted by molar-refractivity contribution is 8.01. The molecular formula is C18H14FN3O2S. The van der Waals surface area contributed by atoms with Gasteiger partial charge in [0, 0.05) is 29.0 Å². The number of rotatable bonds is 5. The number of fused-ring (bicyclic) bond motifs is 1. The summed E-state index contributed by atoms with van der Waals surface area (Å²) in [5.74, 6) is -1.21. The monoisotopic (exact) mass is 355 g/mol. The van der Waals surface area contributed by atoms with Gasteiger partial charge in [0.15, 0.2) is 0 Å². The maximum atomic E-state index is 13.4. The number of pyridine rings is 2. The van der Waals surface area contributed by atoms with Gasteiger partial charge in [-0.2, -0.15) is 5.26 Å². The van der Waals surface area contributed by atoms with E-state index in [1.165, 1.54) is 6.92 Å². The number of hydrogen-bond acceptors (Lipinski definition) is 4. The Morgan fingerprint density at radius 3 is 2.92 bits per heavy atom. The molecule has 3 rings (SSSR count). The molecule has 25 heavy (non-hydrogen) atoms. The quantitative estimate of drug-likeness (QED) is 0.705. The average Bonchev–Trinajstić information content (AvgIpc) is 3.11. The molecule has 3 aromatic heterocycles. The smallest absolute Gasteiger partial charge is 0.322 e. The van der Waals surface area contributed by atoms with Gasteiger partial charge in [0.25, 0.3) is 0 Å². The van der Waals surface area contributed by atoms with Gasteiger partial charge in [-0.1, -0.05) is 0 Å². The summed E-state index contributed by atoms with van der Waals surface area (Å²) >= 11 is 0.949. The maximum absolute atomic E-state index is 13.4. The van der Waals surface area contributed by atoms with E-state index >= 15 is 0 Å². The molecule has 0 bridgehead atoms. The number of hydrogen-bond donors (Lipinski definition) is 1. The van der Waals surface area contributed by atoms with Gasteiger partial charge in [0.2, 0.25) is 0 Å². The minimum atomic E-state index is -1.58. The summed E-state index contributed by atoms with van der Waals surface area (Å²) in [6, 6.07) is 11.0. The Balaban J connectivity index is 2.16. The molecule has 0 spiro atoms. The van der Waals surface area contributed by atoms with Crippen LogP contribution in [0.5, 0.6) is 0 Å². The van der Waals surface area contributed by atoms with E-state index in [4.69, 9.17) is 0 Å². The van der Waals surface area contributed by atoms with Crippen molar-refractivity contribution in [3.8, 4) is 17.3 Å². The van der Waals surface area contributed by atoms with Gasteiger partial charge in [-0.15, -0.1) is 11.8 Å².